The Morgan fingerprint density at radius 2 is 2.05 bits per heavy atom. The van der Waals surface area contributed by atoms with E-state index in [9.17, 15) is 10.1 Å². The minimum absolute atomic E-state index is 0.146. The number of nitro benzene ring substituents is 1. The third-order valence-corrected chi connectivity index (χ3v) is 4.65. The quantitative estimate of drug-likeness (QED) is 0.598. The van der Waals surface area contributed by atoms with Gasteiger partial charge in [0.25, 0.3) is 5.69 Å². The first kappa shape index (κ1) is 15.8. The molecule has 19 heavy (non-hydrogen) atoms. The van der Waals surface area contributed by atoms with Gasteiger partial charge in [-0.05, 0) is 24.5 Å². The maximum absolute atomic E-state index is 10.9. The highest BCUT2D eigenvalue weighted by molar-refractivity contribution is 7.99. The molecule has 1 unspecified atom stereocenters. The summed E-state index contributed by atoms with van der Waals surface area (Å²) in [6.45, 7) is 9.24. The third kappa shape index (κ3) is 4.74. The first-order valence-corrected chi connectivity index (χ1v) is 7.63. The highest BCUT2D eigenvalue weighted by atomic mass is 32.2. The van der Waals surface area contributed by atoms with Crippen molar-refractivity contribution in [2.45, 2.75) is 38.7 Å². The number of rotatable bonds is 7. The summed E-state index contributed by atoms with van der Waals surface area (Å²) in [5, 5.41) is 14.6. The normalized spacial score (nSPS) is 12.5. The highest BCUT2D eigenvalue weighted by Gasteiger charge is 2.14. The number of nitrogens with zero attached hydrogens (tertiary/aromatic N) is 1. The van der Waals surface area contributed by atoms with Gasteiger partial charge in [0.15, 0.2) is 0 Å². The predicted molar refractivity (Wildman–Crippen MR) is 82.9 cm³/mol. The van der Waals surface area contributed by atoms with Gasteiger partial charge >= 0.3 is 0 Å². The molecular formula is C14H22N2O2S. The number of anilines is 1. The summed E-state index contributed by atoms with van der Waals surface area (Å²) in [6, 6.07) is 5.33. The van der Waals surface area contributed by atoms with E-state index in [1.807, 2.05) is 30.8 Å². The van der Waals surface area contributed by atoms with Crippen LogP contribution in [0.25, 0.3) is 0 Å². The van der Waals surface area contributed by atoms with Crippen molar-refractivity contribution in [2.24, 2.45) is 5.92 Å². The number of benzene rings is 1. The number of hydrogen-bond acceptors (Lipinski definition) is 4. The molecule has 0 aliphatic carbocycles. The molecule has 0 fully saturated rings. The molecule has 4 nitrogen and oxygen atoms in total. The molecule has 106 valence electrons. The molecule has 0 heterocycles. The Morgan fingerprint density at radius 1 is 1.37 bits per heavy atom. The zero-order valence-electron chi connectivity index (χ0n) is 12.0. The number of hydrogen-bond donors (Lipinski definition) is 1. The lowest BCUT2D eigenvalue weighted by molar-refractivity contribution is -0.384. The van der Waals surface area contributed by atoms with E-state index in [0.717, 1.165) is 11.3 Å². The molecule has 1 aromatic carbocycles. The van der Waals surface area contributed by atoms with Gasteiger partial charge in [0.2, 0.25) is 0 Å². The Labute approximate surface area is 119 Å². The number of thioether (sulfide) groups is 1. The van der Waals surface area contributed by atoms with Crippen LogP contribution >= 0.6 is 11.8 Å². The molecule has 0 aliphatic rings. The van der Waals surface area contributed by atoms with Gasteiger partial charge < -0.3 is 5.32 Å². The van der Waals surface area contributed by atoms with E-state index < -0.39 is 0 Å². The molecule has 5 heteroatoms. The number of nitro groups is 1. The predicted octanol–water partition coefficient (Wildman–Crippen LogP) is 4.30. The molecule has 0 saturated heterocycles. The van der Waals surface area contributed by atoms with Crippen molar-refractivity contribution in [3.05, 3.63) is 33.9 Å². The van der Waals surface area contributed by atoms with Crippen molar-refractivity contribution < 1.29 is 4.92 Å². The second-order valence-corrected chi connectivity index (χ2v) is 6.26. The first-order chi connectivity index (χ1) is 8.95. The summed E-state index contributed by atoms with van der Waals surface area (Å²) >= 11 is 1.88. The highest BCUT2D eigenvalue weighted by Crippen LogP contribution is 2.29. The van der Waals surface area contributed by atoms with Crippen molar-refractivity contribution >= 4 is 23.1 Å². The minimum Gasteiger partial charge on any atom is -0.380 e. The van der Waals surface area contributed by atoms with Crippen LogP contribution in [0.2, 0.25) is 0 Å². The van der Waals surface area contributed by atoms with Crippen molar-refractivity contribution in [1.29, 1.82) is 0 Å². The molecule has 1 aromatic rings. The summed E-state index contributed by atoms with van der Waals surface area (Å²) in [7, 11) is 0. The standard InChI is InChI=1S/C14H22N2O2S/c1-5-15-13-8-12(6-7-14(13)16(17)18)9-19-11(4)10(2)3/h6-8,10-11,15H,5,9H2,1-4H3. The maximum atomic E-state index is 10.9. The maximum Gasteiger partial charge on any atom is 0.292 e. The van der Waals surface area contributed by atoms with E-state index in [1.165, 1.54) is 0 Å². The van der Waals surface area contributed by atoms with Crippen molar-refractivity contribution in [1.82, 2.24) is 0 Å². The molecule has 0 aliphatic heterocycles. The van der Waals surface area contributed by atoms with E-state index in [4.69, 9.17) is 0 Å². The van der Waals surface area contributed by atoms with Gasteiger partial charge in [0, 0.05) is 23.6 Å². The lowest BCUT2D eigenvalue weighted by Crippen LogP contribution is -2.06. The fourth-order valence-electron chi connectivity index (χ4n) is 1.58. The van der Waals surface area contributed by atoms with Crippen molar-refractivity contribution in [2.75, 3.05) is 11.9 Å². The molecule has 0 spiro atoms. The largest absolute Gasteiger partial charge is 0.380 e. The Balaban J connectivity index is 2.80. The SMILES string of the molecule is CCNc1cc(CSC(C)C(C)C)ccc1[N+](=O)[O-]. The molecule has 1 atom stereocenters. The summed E-state index contributed by atoms with van der Waals surface area (Å²) in [5.41, 5.74) is 1.88. The van der Waals surface area contributed by atoms with Crippen molar-refractivity contribution in [3.8, 4) is 0 Å². The third-order valence-electron chi connectivity index (χ3n) is 3.08. The lowest BCUT2D eigenvalue weighted by Gasteiger charge is -2.15. The smallest absolute Gasteiger partial charge is 0.292 e. The molecule has 1 rings (SSSR count). The van der Waals surface area contributed by atoms with Crippen LogP contribution in [0, 0.1) is 16.0 Å². The Bertz CT molecular complexity index is 435. The van der Waals surface area contributed by atoms with E-state index in [-0.39, 0.29) is 10.6 Å². The van der Waals surface area contributed by atoms with Crippen LogP contribution in [0.3, 0.4) is 0 Å². The van der Waals surface area contributed by atoms with Gasteiger partial charge in [-0.25, -0.2) is 0 Å². The lowest BCUT2D eigenvalue weighted by atomic mass is 10.1. The minimum atomic E-state index is -0.342. The first-order valence-electron chi connectivity index (χ1n) is 6.58. The van der Waals surface area contributed by atoms with Gasteiger partial charge in [0.1, 0.15) is 5.69 Å². The van der Waals surface area contributed by atoms with Gasteiger partial charge in [-0.15, -0.1) is 0 Å². The van der Waals surface area contributed by atoms with Crippen LogP contribution < -0.4 is 5.32 Å². The summed E-state index contributed by atoms with van der Waals surface area (Å²) < 4.78 is 0. The molecule has 0 radical (unpaired) electrons. The van der Waals surface area contributed by atoms with Crippen LogP contribution in [0.5, 0.6) is 0 Å². The molecule has 0 aromatic heterocycles. The van der Waals surface area contributed by atoms with Crippen LogP contribution in [-0.4, -0.2) is 16.7 Å². The van der Waals surface area contributed by atoms with E-state index >= 15 is 0 Å². The summed E-state index contributed by atoms with van der Waals surface area (Å²) in [4.78, 5) is 10.6. The van der Waals surface area contributed by atoms with Gasteiger partial charge in [-0.2, -0.15) is 11.8 Å². The van der Waals surface area contributed by atoms with E-state index in [0.29, 0.717) is 23.4 Å². The fraction of sp³-hybridized carbons (Fsp3) is 0.571. The number of nitrogens with one attached hydrogen (secondary N) is 1. The van der Waals surface area contributed by atoms with Crippen LogP contribution in [-0.2, 0) is 5.75 Å². The van der Waals surface area contributed by atoms with Gasteiger partial charge in [-0.1, -0.05) is 26.8 Å². The van der Waals surface area contributed by atoms with Crippen molar-refractivity contribution in [3.63, 3.8) is 0 Å². The molecular weight excluding hydrogens is 260 g/mol. The average molecular weight is 282 g/mol. The van der Waals surface area contributed by atoms with Crippen LogP contribution in [0.15, 0.2) is 18.2 Å². The van der Waals surface area contributed by atoms with E-state index in [2.05, 4.69) is 26.1 Å². The Kier molecular flexibility index (Phi) is 6.15. The fourth-order valence-corrected chi connectivity index (χ4v) is 2.60. The Hall–Kier alpha value is -1.23. The second-order valence-electron chi connectivity index (χ2n) is 4.90. The summed E-state index contributed by atoms with van der Waals surface area (Å²) in [5.74, 6) is 1.52. The van der Waals surface area contributed by atoms with E-state index in [1.54, 1.807) is 6.07 Å². The Morgan fingerprint density at radius 3 is 2.58 bits per heavy atom. The van der Waals surface area contributed by atoms with Crippen LogP contribution in [0.4, 0.5) is 11.4 Å². The molecule has 1 N–H and O–H groups in total. The second kappa shape index (κ2) is 7.38. The average Bonchev–Trinajstić information content (AvgIpc) is 2.36. The zero-order chi connectivity index (χ0) is 14.4. The monoisotopic (exact) mass is 282 g/mol. The zero-order valence-corrected chi connectivity index (χ0v) is 12.8. The van der Waals surface area contributed by atoms with Gasteiger partial charge in [-0.3, -0.25) is 10.1 Å². The molecule has 0 bridgehead atoms. The van der Waals surface area contributed by atoms with Crippen LogP contribution in [0.1, 0.15) is 33.3 Å². The topological polar surface area (TPSA) is 55.2 Å². The molecule has 0 amide bonds. The van der Waals surface area contributed by atoms with Gasteiger partial charge in [0.05, 0.1) is 4.92 Å². The summed E-state index contributed by atoms with van der Waals surface area (Å²) in [6.07, 6.45) is 0. The molecule has 0 saturated carbocycles.